The van der Waals surface area contributed by atoms with Gasteiger partial charge in [0.05, 0.1) is 36.5 Å². The van der Waals surface area contributed by atoms with Crippen molar-refractivity contribution < 1.29 is 23.8 Å². The normalized spacial score (nSPS) is 21.5. The van der Waals surface area contributed by atoms with Crippen LogP contribution in [0.5, 0.6) is 0 Å². The number of nitrogens with one attached hydrogen (secondary N) is 1. The third-order valence-corrected chi connectivity index (χ3v) is 7.48. The van der Waals surface area contributed by atoms with Gasteiger partial charge in [0.1, 0.15) is 11.3 Å². The highest BCUT2D eigenvalue weighted by Crippen LogP contribution is 2.36. The van der Waals surface area contributed by atoms with Gasteiger partial charge in [-0.3, -0.25) is 9.69 Å². The number of benzene rings is 1. The zero-order valence-corrected chi connectivity index (χ0v) is 24.2. The Hall–Kier alpha value is -3.57. The Balaban J connectivity index is 1.57. The van der Waals surface area contributed by atoms with Crippen molar-refractivity contribution in [1.82, 2.24) is 19.4 Å². The number of hydrogen-bond acceptors (Lipinski definition) is 8. The van der Waals surface area contributed by atoms with Crippen molar-refractivity contribution >= 4 is 22.9 Å². The smallest absolute Gasteiger partial charge is 0.410 e. The lowest BCUT2D eigenvalue weighted by Gasteiger charge is -2.31. The van der Waals surface area contributed by atoms with E-state index in [0.717, 1.165) is 18.3 Å². The Labute approximate surface area is 238 Å². The maximum Gasteiger partial charge on any atom is 0.410 e. The second-order valence-electron chi connectivity index (χ2n) is 12.0. The first-order valence-corrected chi connectivity index (χ1v) is 14.2. The molecule has 4 heterocycles. The van der Waals surface area contributed by atoms with Crippen molar-refractivity contribution in [2.45, 2.75) is 83.7 Å². The third-order valence-electron chi connectivity index (χ3n) is 7.48. The lowest BCUT2D eigenvalue weighted by molar-refractivity contribution is -0.0136. The Morgan fingerprint density at radius 3 is 2.73 bits per heavy atom. The van der Waals surface area contributed by atoms with Crippen molar-refractivity contribution in [3.63, 3.8) is 0 Å². The van der Waals surface area contributed by atoms with Crippen molar-refractivity contribution in [1.29, 1.82) is 0 Å². The highest BCUT2D eigenvalue weighted by Gasteiger charge is 2.35. The summed E-state index contributed by atoms with van der Waals surface area (Å²) in [5.74, 6) is -0.412. The lowest BCUT2D eigenvalue weighted by Crippen LogP contribution is -2.42. The first-order chi connectivity index (χ1) is 19.4. The van der Waals surface area contributed by atoms with E-state index >= 15 is 4.39 Å². The zero-order chi connectivity index (χ0) is 29.5. The lowest BCUT2D eigenvalue weighted by atomic mass is 10.0. The Bertz CT molecular complexity index is 1500. The van der Waals surface area contributed by atoms with Crippen molar-refractivity contribution in [3.8, 4) is 11.3 Å². The maximum atomic E-state index is 15.1. The highest BCUT2D eigenvalue weighted by atomic mass is 19.1. The van der Waals surface area contributed by atoms with Crippen LogP contribution in [0.25, 0.3) is 22.2 Å². The minimum Gasteiger partial charge on any atom is -0.444 e. The standard InChI is InChI=1S/C30H38FN5O5/c1-17(2)36-23-13-18(27-20(31)15-32-28(34-27)33-21-10-12-40-16-26(21)38)8-9-19(23)25(37)14-24(36)22-7-6-11-35(22)29(39)41-30(3,4)5/h8-9,13-15,17,21-22,26,38H,6-7,10-12,16H2,1-5H3,(H,32,33,34)/t21-,22?,26-/m1/s1. The molecular weight excluding hydrogens is 529 g/mol. The number of rotatable bonds is 5. The van der Waals surface area contributed by atoms with E-state index in [1.807, 2.05) is 39.2 Å². The minimum absolute atomic E-state index is 0.0630. The summed E-state index contributed by atoms with van der Waals surface area (Å²) in [5.41, 5.74) is 1.09. The average Bonchev–Trinajstić information content (AvgIpc) is 3.40. The van der Waals surface area contributed by atoms with E-state index in [2.05, 4.69) is 15.3 Å². The van der Waals surface area contributed by atoms with E-state index in [0.29, 0.717) is 42.5 Å². The molecule has 2 N–H and O–H groups in total. The van der Waals surface area contributed by atoms with Gasteiger partial charge in [0.25, 0.3) is 0 Å². The molecule has 5 rings (SSSR count). The van der Waals surface area contributed by atoms with Gasteiger partial charge < -0.3 is 24.5 Å². The van der Waals surface area contributed by atoms with E-state index in [9.17, 15) is 14.7 Å². The molecule has 10 nitrogen and oxygen atoms in total. The molecule has 2 fully saturated rings. The van der Waals surface area contributed by atoms with Crippen LogP contribution in [-0.4, -0.2) is 68.1 Å². The van der Waals surface area contributed by atoms with Gasteiger partial charge in [-0.05, 0) is 66.0 Å². The monoisotopic (exact) mass is 567 g/mol. The molecule has 0 saturated carbocycles. The van der Waals surface area contributed by atoms with Gasteiger partial charge in [0.15, 0.2) is 11.2 Å². The highest BCUT2D eigenvalue weighted by molar-refractivity contribution is 5.85. The number of carbonyl (C=O) groups is 1. The van der Waals surface area contributed by atoms with Crippen LogP contribution in [0.3, 0.4) is 0 Å². The largest absolute Gasteiger partial charge is 0.444 e. The summed E-state index contributed by atoms with van der Waals surface area (Å²) in [6.45, 7) is 10.8. The molecule has 3 atom stereocenters. The summed E-state index contributed by atoms with van der Waals surface area (Å²) in [6.07, 6.45) is 2.02. The number of ether oxygens (including phenoxy) is 2. The second kappa shape index (κ2) is 11.4. The number of nitrogens with zero attached hydrogens (tertiary/aromatic N) is 4. The topological polar surface area (TPSA) is 119 Å². The van der Waals surface area contributed by atoms with Crippen LogP contribution in [0.15, 0.2) is 35.3 Å². The van der Waals surface area contributed by atoms with Crippen LogP contribution in [0, 0.1) is 5.82 Å². The number of fused-ring (bicyclic) bond motifs is 1. The summed E-state index contributed by atoms with van der Waals surface area (Å²) in [4.78, 5) is 36.7. The summed E-state index contributed by atoms with van der Waals surface area (Å²) in [5, 5.41) is 13.8. The molecule has 0 spiro atoms. The number of anilines is 1. The number of aliphatic hydroxyl groups excluding tert-OH is 1. The second-order valence-corrected chi connectivity index (χ2v) is 12.0. The first kappa shape index (κ1) is 28.9. The molecule has 2 aromatic heterocycles. The zero-order valence-electron chi connectivity index (χ0n) is 24.2. The predicted octanol–water partition coefficient (Wildman–Crippen LogP) is 4.81. The number of amides is 1. The molecule has 11 heteroatoms. The SMILES string of the molecule is CC(C)n1c(C2CCCN2C(=O)OC(C)(C)C)cc(=O)c2ccc(-c3nc(N[C@@H]4CCOC[C@H]4O)ncc3F)cc21. The molecule has 0 radical (unpaired) electrons. The molecule has 0 aliphatic carbocycles. The Kier molecular flexibility index (Phi) is 8.02. The van der Waals surface area contributed by atoms with Crippen molar-refractivity contribution in [3.05, 3.63) is 52.2 Å². The average molecular weight is 568 g/mol. The Morgan fingerprint density at radius 2 is 2.02 bits per heavy atom. The Morgan fingerprint density at radius 1 is 1.24 bits per heavy atom. The van der Waals surface area contributed by atoms with Crippen LogP contribution in [0.4, 0.5) is 15.1 Å². The number of carbonyl (C=O) groups excluding carboxylic acids is 1. The summed E-state index contributed by atoms with van der Waals surface area (Å²) >= 11 is 0. The van der Waals surface area contributed by atoms with E-state index in [-0.39, 0.29) is 41.8 Å². The van der Waals surface area contributed by atoms with E-state index in [4.69, 9.17) is 9.47 Å². The van der Waals surface area contributed by atoms with Crippen LogP contribution >= 0.6 is 0 Å². The molecule has 2 saturated heterocycles. The molecule has 1 unspecified atom stereocenters. The van der Waals surface area contributed by atoms with E-state index in [1.165, 1.54) is 0 Å². The van der Waals surface area contributed by atoms with Gasteiger partial charge in [0, 0.05) is 41.9 Å². The predicted molar refractivity (Wildman–Crippen MR) is 153 cm³/mol. The fourth-order valence-corrected chi connectivity index (χ4v) is 5.65. The van der Waals surface area contributed by atoms with Crippen LogP contribution in [-0.2, 0) is 9.47 Å². The maximum absolute atomic E-state index is 15.1. The van der Waals surface area contributed by atoms with Crippen LogP contribution < -0.4 is 10.7 Å². The molecule has 220 valence electrons. The molecule has 2 aliphatic heterocycles. The van der Waals surface area contributed by atoms with E-state index < -0.39 is 23.6 Å². The van der Waals surface area contributed by atoms with Crippen molar-refractivity contribution in [2.75, 3.05) is 25.1 Å². The van der Waals surface area contributed by atoms with Gasteiger partial charge in [-0.2, -0.15) is 0 Å². The number of aromatic nitrogens is 3. The molecule has 41 heavy (non-hydrogen) atoms. The number of likely N-dealkylation sites (tertiary alicyclic amines) is 1. The third kappa shape index (κ3) is 6.06. The molecule has 0 bridgehead atoms. The van der Waals surface area contributed by atoms with Crippen LogP contribution in [0.1, 0.15) is 71.7 Å². The molecule has 3 aromatic rings. The number of aliphatic hydroxyl groups is 1. The summed E-state index contributed by atoms with van der Waals surface area (Å²) in [7, 11) is 0. The van der Waals surface area contributed by atoms with Crippen molar-refractivity contribution in [2.24, 2.45) is 0 Å². The van der Waals surface area contributed by atoms with E-state index in [1.54, 1.807) is 29.2 Å². The van der Waals surface area contributed by atoms with Crippen LogP contribution in [0.2, 0.25) is 0 Å². The molecule has 1 amide bonds. The number of halogens is 1. The summed E-state index contributed by atoms with van der Waals surface area (Å²) in [6, 6.07) is 6.04. The van der Waals surface area contributed by atoms with Gasteiger partial charge >= 0.3 is 6.09 Å². The quantitative estimate of drug-likeness (QED) is 0.451. The minimum atomic E-state index is -0.726. The molecular formula is C30H38FN5O5. The van der Waals surface area contributed by atoms with Gasteiger partial charge in [-0.15, -0.1) is 0 Å². The fourth-order valence-electron chi connectivity index (χ4n) is 5.65. The number of pyridine rings is 1. The summed E-state index contributed by atoms with van der Waals surface area (Å²) < 4.78 is 28.1. The van der Waals surface area contributed by atoms with Gasteiger partial charge in [-0.25, -0.2) is 19.2 Å². The number of hydrogen-bond donors (Lipinski definition) is 2. The fraction of sp³-hybridized carbons (Fsp3) is 0.533. The first-order valence-electron chi connectivity index (χ1n) is 14.2. The molecule has 2 aliphatic rings. The van der Waals surface area contributed by atoms with Gasteiger partial charge in [0.2, 0.25) is 5.95 Å². The van der Waals surface area contributed by atoms with Gasteiger partial charge in [-0.1, -0.05) is 6.07 Å². The molecule has 1 aromatic carbocycles.